The highest BCUT2D eigenvalue weighted by Gasteiger charge is 2.35. The van der Waals surface area contributed by atoms with Crippen LogP contribution in [0.4, 0.5) is 10.1 Å². The van der Waals surface area contributed by atoms with E-state index in [4.69, 9.17) is 9.47 Å². The van der Waals surface area contributed by atoms with Gasteiger partial charge in [-0.3, -0.25) is 9.59 Å². The summed E-state index contributed by atoms with van der Waals surface area (Å²) < 4.78 is 30.8. The molecule has 194 valence electrons. The van der Waals surface area contributed by atoms with Crippen molar-refractivity contribution in [3.8, 4) is 11.6 Å². The smallest absolute Gasteiger partial charge is 0.213 e. The second-order valence-electron chi connectivity index (χ2n) is 9.78. The van der Waals surface area contributed by atoms with Crippen molar-refractivity contribution in [2.75, 3.05) is 38.8 Å². The summed E-state index contributed by atoms with van der Waals surface area (Å²) in [4.78, 5) is 31.0. The highest BCUT2D eigenvalue weighted by molar-refractivity contribution is 6.04. The number of Topliss-reactive ketones (excluding diaryl/α,β-unsaturated/α-hetero) is 2. The van der Waals surface area contributed by atoms with E-state index in [1.54, 1.807) is 33.4 Å². The van der Waals surface area contributed by atoms with Crippen LogP contribution >= 0.6 is 0 Å². The Kier molecular flexibility index (Phi) is 8.56. The van der Waals surface area contributed by atoms with Crippen molar-refractivity contribution in [2.45, 2.75) is 51.6 Å². The number of hydrogen-bond acceptors (Lipinski definition) is 7. The first kappa shape index (κ1) is 26.1. The molecule has 2 fully saturated rings. The average molecular weight is 499 g/mol. The number of carbonyl (C=O) groups excluding carboxylic acids is 2. The van der Waals surface area contributed by atoms with Crippen LogP contribution in [0.1, 0.15) is 54.9 Å². The van der Waals surface area contributed by atoms with Crippen LogP contribution in [0.15, 0.2) is 30.5 Å². The highest BCUT2D eigenvalue weighted by atomic mass is 19.1. The van der Waals surface area contributed by atoms with Crippen LogP contribution in [0.25, 0.3) is 0 Å². The van der Waals surface area contributed by atoms with Crippen molar-refractivity contribution in [1.82, 2.24) is 4.98 Å². The van der Waals surface area contributed by atoms with Crippen LogP contribution in [-0.2, 0) is 16.0 Å². The van der Waals surface area contributed by atoms with E-state index in [-0.39, 0.29) is 29.9 Å². The van der Waals surface area contributed by atoms with Gasteiger partial charge in [0.25, 0.3) is 0 Å². The normalized spacial score (nSPS) is 20.6. The number of rotatable bonds is 9. The van der Waals surface area contributed by atoms with Crippen LogP contribution in [0, 0.1) is 17.7 Å². The fraction of sp³-hybridized carbons (Fsp3) is 0.536. The molecule has 1 aliphatic heterocycles. The molecular weight excluding hydrogens is 463 g/mol. The topological polar surface area (TPSA) is 78.0 Å². The first-order valence-corrected chi connectivity index (χ1v) is 12.7. The summed E-state index contributed by atoms with van der Waals surface area (Å²) in [6, 6.07) is 6.98. The van der Waals surface area contributed by atoms with E-state index in [0.29, 0.717) is 60.3 Å². The van der Waals surface area contributed by atoms with Gasteiger partial charge in [0.15, 0.2) is 5.78 Å². The number of anilines is 1. The second kappa shape index (κ2) is 11.8. The molecule has 1 aromatic carbocycles. The number of ether oxygens (including phenoxy) is 3. The van der Waals surface area contributed by atoms with Gasteiger partial charge in [-0.05, 0) is 48.9 Å². The lowest BCUT2D eigenvalue weighted by molar-refractivity contribution is -0.119. The molecule has 0 spiro atoms. The van der Waals surface area contributed by atoms with E-state index in [1.807, 2.05) is 17.0 Å². The SMILES string of the molecule is CCC(=O)CC1Cc2c(F)cc(N3CC[C@@H](Oc4ccc(OCC5CC5)nc4)C3)cc2C1=O.COC. The largest absolute Gasteiger partial charge is 0.487 e. The minimum Gasteiger partial charge on any atom is -0.487 e. The van der Waals surface area contributed by atoms with Gasteiger partial charge in [0.1, 0.15) is 23.5 Å². The van der Waals surface area contributed by atoms with Crippen molar-refractivity contribution >= 4 is 17.3 Å². The van der Waals surface area contributed by atoms with Gasteiger partial charge < -0.3 is 19.1 Å². The molecule has 1 unspecified atom stereocenters. The van der Waals surface area contributed by atoms with Crippen LogP contribution in [-0.4, -0.2) is 56.6 Å². The number of carbonyl (C=O) groups is 2. The van der Waals surface area contributed by atoms with E-state index in [9.17, 15) is 14.0 Å². The molecule has 0 N–H and O–H groups in total. The van der Waals surface area contributed by atoms with Gasteiger partial charge >= 0.3 is 0 Å². The highest BCUT2D eigenvalue weighted by Crippen LogP contribution is 2.35. The number of aromatic nitrogens is 1. The second-order valence-corrected chi connectivity index (χ2v) is 9.78. The Morgan fingerprint density at radius 1 is 1.19 bits per heavy atom. The molecule has 2 aliphatic carbocycles. The number of methoxy groups -OCH3 is 1. The van der Waals surface area contributed by atoms with Crippen molar-refractivity contribution in [3.63, 3.8) is 0 Å². The van der Waals surface area contributed by atoms with E-state index >= 15 is 0 Å². The average Bonchev–Trinajstić information content (AvgIpc) is 3.50. The maximum absolute atomic E-state index is 14.9. The molecule has 2 atom stereocenters. The number of benzene rings is 1. The predicted molar refractivity (Wildman–Crippen MR) is 134 cm³/mol. The molecule has 1 saturated heterocycles. The first-order valence-electron chi connectivity index (χ1n) is 12.7. The molecular formula is C28H35FN2O5. The van der Waals surface area contributed by atoms with Crippen molar-refractivity contribution < 1.29 is 28.2 Å². The zero-order chi connectivity index (χ0) is 25.7. The van der Waals surface area contributed by atoms with Crippen molar-refractivity contribution in [2.24, 2.45) is 11.8 Å². The van der Waals surface area contributed by atoms with E-state index < -0.39 is 5.92 Å². The summed E-state index contributed by atoms with van der Waals surface area (Å²) in [5.41, 5.74) is 1.56. The third-order valence-corrected chi connectivity index (χ3v) is 6.82. The summed E-state index contributed by atoms with van der Waals surface area (Å²) in [5.74, 6) is 1.09. The van der Waals surface area contributed by atoms with Gasteiger partial charge in [0.05, 0.1) is 19.3 Å². The number of pyridine rings is 1. The third kappa shape index (κ3) is 6.40. The quantitative estimate of drug-likeness (QED) is 0.498. The molecule has 0 radical (unpaired) electrons. The lowest BCUT2D eigenvalue weighted by Gasteiger charge is -2.20. The molecule has 1 saturated carbocycles. The molecule has 7 nitrogen and oxygen atoms in total. The van der Waals surface area contributed by atoms with Crippen LogP contribution in [0.2, 0.25) is 0 Å². The monoisotopic (exact) mass is 498 g/mol. The zero-order valence-electron chi connectivity index (χ0n) is 21.3. The van der Waals surface area contributed by atoms with Gasteiger partial charge in [-0.2, -0.15) is 0 Å². The molecule has 1 aromatic heterocycles. The van der Waals surface area contributed by atoms with Crippen molar-refractivity contribution in [3.05, 3.63) is 47.4 Å². The van der Waals surface area contributed by atoms with Gasteiger partial charge in [0.2, 0.25) is 5.88 Å². The Labute approximate surface area is 211 Å². The van der Waals surface area contributed by atoms with E-state index in [1.165, 1.54) is 18.9 Å². The molecule has 36 heavy (non-hydrogen) atoms. The van der Waals surface area contributed by atoms with Gasteiger partial charge in [-0.25, -0.2) is 9.37 Å². The Morgan fingerprint density at radius 2 is 1.97 bits per heavy atom. The number of hydrogen-bond donors (Lipinski definition) is 0. The molecule has 5 rings (SSSR count). The minimum atomic E-state index is -0.435. The molecule has 3 aliphatic rings. The fourth-order valence-corrected chi connectivity index (χ4v) is 4.64. The molecule has 2 aromatic rings. The minimum absolute atomic E-state index is 0.0401. The molecule has 0 amide bonds. The number of nitrogens with zero attached hydrogens (tertiary/aromatic N) is 2. The number of halogens is 1. The Balaban J connectivity index is 0.000000967. The van der Waals surface area contributed by atoms with Crippen LogP contribution in [0.3, 0.4) is 0 Å². The number of fused-ring (bicyclic) bond motifs is 1. The fourth-order valence-electron chi connectivity index (χ4n) is 4.64. The Morgan fingerprint density at radius 3 is 2.64 bits per heavy atom. The maximum Gasteiger partial charge on any atom is 0.213 e. The summed E-state index contributed by atoms with van der Waals surface area (Å²) >= 11 is 0. The Hall–Kier alpha value is -3.00. The lowest BCUT2D eigenvalue weighted by atomic mass is 9.97. The zero-order valence-corrected chi connectivity index (χ0v) is 21.3. The first-order chi connectivity index (χ1) is 17.4. The number of ketones is 2. The maximum atomic E-state index is 14.9. The third-order valence-electron chi connectivity index (χ3n) is 6.82. The van der Waals surface area contributed by atoms with Crippen LogP contribution in [0.5, 0.6) is 11.6 Å². The molecule has 0 bridgehead atoms. The summed E-state index contributed by atoms with van der Waals surface area (Å²) in [6.45, 7) is 3.82. The molecule has 8 heteroatoms. The van der Waals surface area contributed by atoms with Gasteiger partial charge in [-0.15, -0.1) is 0 Å². The lowest BCUT2D eigenvalue weighted by Crippen LogP contribution is -2.25. The predicted octanol–water partition coefficient (Wildman–Crippen LogP) is 4.65. The summed E-state index contributed by atoms with van der Waals surface area (Å²) in [5, 5.41) is 0. The van der Waals surface area contributed by atoms with Crippen molar-refractivity contribution in [1.29, 1.82) is 0 Å². The van der Waals surface area contributed by atoms with E-state index in [0.717, 1.165) is 13.0 Å². The van der Waals surface area contributed by atoms with Crippen LogP contribution < -0.4 is 14.4 Å². The summed E-state index contributed by atoms with van der Waals surface area (Å²) in [7, 11) is 3.25. The Bertz CT molecular complexity index is 1070. The van der Waals surface area contributed by atoms with Gasteiger partial charge in [0, 0.05) is 63.3 Å². The van der Waals surface area contributed by atoms with E-state index in [2.05, 4.69) is 9.72 Å². The molecule has 2 heterocycles. The van der Waals surface area contributed by atoms with Gasteiger partial charge in [-0.1, -0.05) is 6.92 Å². The summed E-state index contributed by atoms with van der Waals surface area (Å²) in [6.07, 6.45) is 5.79. The standard InChI is InChI=1S/C26H29FN2O4.C2H6O/c1-2-19(30)9-17-10-22-23(26(17)31)11-18(12-24(22)27)29-8-7-21(14-29)33-20-5-6-25(28-13-20)32-15-16-3-4-16;1-3-2/h5-6,11-13,16-17,21H,2-4,7-10,14-15H2,1H3;1-2H3/t17?,21-;/m1./s1.